The molecule has 0 bridgehead atoms. The average Bonchev–Trinajstić information content (AvgIpc) is 3.04. The van der Waals surface area contributed by atoms with Crippen LogP contribution in [0.2, 0.25) is 0 Å². The smallest absolute Gasteiger partial charge is 0.330 e. The molecule has 0 aromatic heterocycles. The van der Waals surface area contributed by atoms with E-state index >= 15 is 0 Å². The molecule has 248 valence electrons. The summed E-state index contributed by atoms with van der Waals surface area (Å²) in [5.41, 5.74) is 3.31. The van der Waals surface area contributed by atoms with Crippen molar-refractivity contribution in [3.63, 3.8) is 0 Å². The van der Waals surface area contributed by atoms with Gasteiger partial charge in [0.15, 0.2) is 0 Å². The summed E-state index contributed by atoms with van der Waals surface area (Å²) in [7, 11) is 0. The molecule has 9 nitrogen and oxygen atoms in total. The Bertz CT molecular complexity index is 1070. The minimum Gasteiger partial charge on any atom is -0.478 e. The summed E-state index contributed by atoms with van der Waals surface area (Å²) in [5.74, 6) is -2.81. The first-order valence-electron chi connectivity index (χ1n) is 13.5. The van der Waals surface area contributed by atoms with E-state index in [0.717, 1.165) is 11.1 Å². The number of hydrogen-bond donors (Lipinski definition) is 6. The zero-order valence-electron chi connectivity index (χ0n) is 26.9. The first-order valence-corrected chi connectivity index (χ1v) is 13.5. The molecule has 0 amide bonds. The Balaban J connectivity index is -0.000000227. The lowest BCUT2D eigenvalue weighted by Crippen LogP contribution is -2.32. The van der Waals surface area contributed by atoms with Crippen molar-refractivity contribution in [2.24, 2.45) is 5.41 Å². The summed E-state index contributed by atoms with van der Waals surface area (Å²) < 4.78 is 0. The number of hydrogen-bond acceptors (Lipinski definition) is 6. The highest BCUT2D eigenvalue weighted by Gasteiger charge is 2.24. The first kappa shape index (κ1) is 47.1. The van der Waals surface area contributed by atoms with E-state index in [1.54, 1.807) is 0 Å². The van der Waals surface area contributed by atoms with E-state index < -0.39 is 23.3 Å². The molecule has 9 heteroatoms. The second kappa shape index (κ2) is 29.3. The van der Waals surface area contributed by atoms with Crippen LogP contribution in [0.4, 0.5) is 0 Å². The summed E-state index contributed by atoms with van der Waals surface area (Å²) in [5, 5.41) is 49.6. The molecule has 0 saturated heterocycles. The Morgan fingerprint density at radius 1 is 0.600 bits per heavy atom. The quantitative estimate of drug-likeness (QED) is 0.159. The van der Waals surface area contributed by atoms with E-state index in [-0.39, 0.29) is 36.5 Å². The molecule has 0 atom stereocenters. The van der Waals surface area contributed by atoms with E-state index in [9.17, 15) is 14.4 Å². The van der Waals surface area contributed by atoms with Gasteiger partial charge in [-0.2, -0.15) is 0 Å². The van der Waals surface area contributed by atoms with Gasteiger partial charge in [-0.3, -0.25) is 0 Å². The van der Waals surface area contributed by atoms with E-state index in [2.05, 4.69) is 39.5 Å². The molecule has 0 spiro atoms. The van der Waals surface area contributed by atoms with E-state index in [1.807, 2.05) is 79.7 Å². The van der Waals surface area contributed by atoms with Crippen LogP contribution in [0.3, 0.4) is 0 Å². The summed E-state index contributed by atoms with van der Waals surface area (Å²) >= 11 is 0. The number of aliphatic hydroxyl groups excluding tert-OH is 3. The van der Waals surface area contributed by atoms with Gasteiger partial charge in [-0.05, 0) is 43.9 Å². The zero-order chi connectivity index (χ0) is 36.0. The van der Waals surface area contributed by atoms with Gasteiger partial charge in [-0.25, -0.2) is 14.4 Å². The summed E-state index contributed by atoms with van der Waals surface area (Å²) in [6.07, 6.45) is 6.09. The third kappa shape index (κ3) is 27.7. The van der Waals surface area contributed by atoms with E-state index in [4.69, 9.17) is 30.6 Å². The number of carbonyl (C=O) groups is 3. The molecule has 0 aliphatic rings. The van der Waals surface area contributed by atoms with Crippen molar-refractivity contribution in [1.82, 2.24) is 0 Å². The van der Waals surface area contributed by atoms with Crippen molar-refractivity contribution < 1.29 is 45.0 Å². The monoisotopic (exact) mass is 626 g/mol. The van der Waals surface area contributed by atoms with Gasteiger partial charge in [0.2, 0.25) is 0 Å². The third-order valence-electron chi connectivity index (χ3n) is 5.32. The number of carboxylic acid groups (broad SMARTS) is 3. The normalized spacial score (nSPS) is 8.87. The van der Waals surface area contributed by atoms with Crippen LogP contribution in [0.5, 0.6) is 0 Å². The van der Waals surface area contributed by atoms with Crippen LogP contribution in [0.1, 0.15) is 50.8 Å². The van der Waals surface area contributed by atoms with Crippen LogP contribution < -0.4 is 0 Å². The van der Waals surface area contributed by atoms with Gasteiger partial charge in [0.1, 0.15) is 0 Å². The Morgan fingerprint density at radius 2 is 0.867 bits per heavy atom. The van der Waals surface area contributed by atoms with Gasteiger partial charge in [0.05, 0.1) is 19.8 Å². The average molecular weight is 627 g/mol. The van der Waals surface area contributed by atoms with Crippen LogP contribution in [0.15, 0.2) is 111 Å². The minimum absolute atomic E-state index is 0.156. The zero-order valence-corrected chi connectivity index (χ0v) is 26.9. The highest BCUT2D eigenvalue weighted by Crippen LogP contribution is 2.18. The lowest BCUT2D eigenvalue weighted by molar-refractivity contribution is -0.133. The number of rotatable bonds is 10. The lowest BCUT2D eigenvalue weighted by atomic mass is 9.88. The van der Waals surface area contributed by atoms with E-state index in [0.29, 0.717) is 6.42 Å². The predicted molar refractivity (Wildman–Crippen MR) is 184 cm³/mol. The molecule has 0 radical (unpaired) electrons. The van der Waals surface area contributed by atoms with Crippen LogP contribution in [-0.2, 0) is 14.4 Å². The maximum atomic E-state index is 9.60. The predicted octanol–water partition coefficient (Wildman–Crippen LogP) is 6.60. The van der Waals surface area contributed by atoms with Crippen molar-refractivity contribution in [1.29, 1.82) is 0 Å². The molecule has 0 saturated carbocycles. The number of aliphatic hydroxyl groups is 3. The summed E-state index contributed by atoms with van der Waals surface area (Å²) in [4.78, 5) is 28.8. The summed E-state index contributed by atoms with van der Waals surface area (Å²) in [6, 6.07) is 18.0. The van der Waals surface area contributed by atoms with Crippen LogP contribution in [-0.4, -0.2) is 68.4 Å². The molecule has 45 heavy (non-hydrogen) atoms. The van der Waals surface area contributed by atoms with Gasteiger partial charge < -0.3 is 30.6 Å². The fourth-order valence-electron chi connectivity index (χ4n) is 1.96. The second-order valence-corrected chi connectivity index (χ2v) is 9.24. The van der Waals surface area contributed by atoms with Gasteiger partial charge in [-0.15, -0.1) is 0 Å². The standard InChI is InChI=1S/C10H10.C8H8.C6H14O3.3C4H6O2/c1-3-9-7-5-6-8-10(9)4-2;1-2-8-6-4-3-5-7-8;1-2-6(3-7,4-8)5-9;3*1-3(2)4(5)6/h3-8H,1-2H2;2-7H,1H2;7-9H,2-5H2,1H3;3*1H2,2H3,(H,5,6). The van der Waals surface area contributed by atoms with Crippen molar-refractivity contribution >= 4 is 36.1 Å². The Labute approximate surface area is 267 Å². The Hall–Kier alpha value is -4.83. The fraction of sp³-hybridized carbons (Fsp3) is 0.250. The van der Waals surface area contributed by atoms with Gasteiger partial charge in [0, 0.05) is 22.1 Å². The molecule has 0 fully saturated rings. The van der Waals surface area contributed by atoms with E-state index in [1.165, 1.54) is 26.3 Å². The molecule has 6 N–H and O–H groups in total. The van der Waals surface area contributed by atoms with Crippen molar-refractivity contribution in [2.75, 3.05) is 19.8 Å². The maximum Gasteiger partial charge on any atom is 0.330 e. The summed E-state index contributed by atoms with van der Waals surface area (Å²) in [6.45, 7) is 26.2. The van der Waals surface area contributed by atoms with Crippen molar-refractivity contribution in [3.05, 3.63) is 127 Å². The molecular formula is C36H50O9. The first-order chi connectivity index (χ1) is 21.0. The number of carboxylic acids is 3. The van der Waals surface area contributed by atoms with Crippen LogP contribution in [0, 0.1) is 5.41 Å². The third-order valence-corrected chi connectivity index (χ3v) is 5.32. The number of benzene rings is 2. The Morgan fingerprint density at radius 3 is 1.00 bits per heavy atom. The largest absolute Gasteiger partial charge is 0.478 e. The molecule has 2 aromatic carbocycles. The van der Waals surface area contributed by atoms with Crippen molar-refractivity contribution in [2.45, 2.75) is 34.1 Å². The molecule has 0 heterocycles. The SMILES string of the molecule is C=C(C)C(=O)O.C=C(C)C(=O)O.C=C(C)C(=O)O.C=Cc1ccccc1.C=Cc1ccccc1C=C.CCC(CO)(CO)CO. The highest BCUT2D eigenvalue weighted by atomic mass is 16.4. The van der Waals surface area contributed by atoms with Crippen molar-refractivity contribution in [3.8, 4) is 0 Å². The fourth-order valence-corrected chi connectivity index (χ4v) is 1.96. The second-order valence-electron chi connectivity index (χ2n) is 9.24. The highest BCUT2D eigenvalue weighted by molar-refractivity contribution is 5.85. The topological polar surface area (TPSA) is 173 Å². The van der Waals surface area contributed by atoms with Gasteiger partial charge in [-0.1, -0.05) is 119 Å². The van der Waals surface area contributed by atoms with Gasteiger partial charge in [0.25, 0.3) is 0 Å². The molecule has 2 rings (SSSR count). The molecule has 0 aliphatic carbocycles. The van der Waals surface area contributed by atoms with Crippen LogP contribution >= 0.6 is 0 Å². The molecule has 2 aromatic rings. The minimum atomic E-state index is -0.935. The maximum absolute atomic E-state index is 9.60. The number of aliphatic carboxylic acids is 3. The van der Waals surface area contributed by atoms with Crippen LogP contribution in [0.25, 0.3) is 18.2 Å². The van der Waals surface area contributed by atoms with Gasteiger partial charge >= 0.3 is 17.9 Å². The molecule has 0 aliphatic heterocycles. The Kier molecular flexibility index (Phi) is 30.6. The lowest BCUT2D eigenvalue weighted by Gasteiger charge is -2.24. The molecule has 0 unspecified atom stereocenters. The molecular weight excluding hydrogens is 576 g/mol.